The van der Waals surface area contributed by atoms with Crippen LogP contribution in [0.15, 0.2) is 29.3 Å². The van der Waals surface area contributed by atoms with Crippen LogP contribution in [0.4, 0.5) is 0 Å². The van der Waals surface area contributed by atoms with Crippen molar-refractivity contribution >= 4 is 29.6 Å². The smallest absolute Gasteiger partial charge is 0.153 e. The molecular formula is C15H17ClN2OS. The molecule has 0 aliphatic rings. The van der Waals surface area contributed by atoms with E-state index in [9.17, 15) is 4.79 Å². The average Bonchev–Trinajstić information content (AvgIpc) is 2.87. The molecule has 0 spiro atoms. The molecule has 0 saturated carbocycles. The zero-order valence-electron chi connectivity index (χ0n) is 11.6. The van der Waals surface area contributed by atoms with E-state index in [0.29, 0.717) is 16.3 Å². The molecule has 0 fully saturated rings. The Kier molecular flexibility index (Phi) is 5.26. The number of aryl methyl sites for hydroxylation is 1. The minimum atomic E-state index is 0.583. The Labute approximate surface area is 128 Å². The first-order chi connectivity index (χ1) is 9.69. The van der Waals surface area contributed by atoms with Crippen LogP contribution in [0.2, 0.25) is 5.02 Å². The Balaban J connectivity index is 2.40. The maximum atomic E-state index is 11.2. The van der Waals surface area contributed by atoms with Crippen molar-refractivity contribution in [1.82, 2.24) is 9.78 Å². The lowest BCUT2D eigenvalue weighted by Crippen LogP contribution is -1.98. The van der Waals surface area contributed by atoms with E-state index in [1.54, 1.807) is 18.0 Å². The van der Waals surface area contributed by atoms with Gasteiger partial charge in [0.25, 0.3) is 0 Å². The number of hydrogen-bond donors (Lipinski definition) is 0. The first-order valence-electron chi connectivity index (χ1n) is 6.56. The van der Waals surface area contributed by atoms with Gasteiger partial charge in [0.15, 0.2) is 6.29 Å². The van der Waals surface area contributed by atoms with Crippen LogP contribution < -0.4 is 0 Å². The highest BCUT2D eigenvalue weighted by Crippen LogP contribution is 2.31. The second-order valence-corrected chi connectivity index (χ2v) is 5.80. The first kappa shape index (κ1) is 15.1. The highest BCUT2D eigenvalue weighted by Gasteiger charge is 2.14. The summed E-state index contributed by atoms with van der Waals surface area (Å²) in [6.07, 6.45) is 6.76. The molecule has 0 aliphatic heterocycles. The van der Waals surface area contributed by atoms with E-state index in [1.165, 1.54) is 0 Å². The summed E-state index contributed by atoms with van der Waals surface area (Å²) in [4.78, 5) is 12.3. The first-order valence-corrected chi connectivity index (χ1v) is 8.16. The molecule has 0 radical (unpaired) electrons. The Morgan fingerprint density at radius 1 is 1.45 bits per heavy atom. The number of carbonyl (C=O) groups excluding carboxylic acids is 1. The summed E-state index contributed by atoms with van der Waals surface area (Å²) in [7, 11) is 0. The number of unbranched alkanes of at least 4 members (excludes halogenated alkanes) is 1. The number of rotatable bonds is 6. The maximum absolute atomic E-state index is 11.2. The van der Waals surface area contributed by atoms with Crippen molar-refractivity contribution in [3.8, 4) is 11.3 Å². The van der Waals surface area contributed by atoms with Crippen molar-refractivity contribution in [2.24, 2.45) is 0 Å². The number of nitrogens with zero attached hydrogens (tertiary/aromatic N) is 2. The van der Waals surface area contributed by atoms with Crippen LogP contribution in [-0.2, 0) is 6.54 Å². The normalized spacial score (nSPS) is 10.8. The maximum Gasteiger partial charge on any atom is 0.153 e. The van der Waals surface area contributed by atoms with Gasteiger partial charge in [-0.2, -0.15) is 5.10 Å². The van der Waals surface area contributed by atoms with Gasteiger partial charge in [-0.15, -0.1) is 11.8 Å². The lowest BCUT2D eigenvalue weighted by molar-refractivity contribution is 0.112. The largest absolute Gasteiger partial charge is 0.298 e. The number of aldehydes is 1. The van der Waals surface area contributed by atoms with Gasteiger partial charge < -0.3 is 0 Å². The van der Waals surface area contributed by atoms with Gasteiger partial charge in [-0.25, -0.2) is 0 Å². The Morgan fingerprint density at radius 3 is 2.85 bits per heavy atom. The summed E-state index contributed by atoms with van der Waals surface area (Å²) in [6, 6.07) is 5.82. The predicted octanol–water partition coefficient (Wildman–Crippen LogP) is 4.54. The van der Waals surface area contributed by atoms with E-state index in [4.69, 9.17) is 11.6 Å². The second kappa shape index (κ2) is 6.95. The summed E-state index contributed by atoms with van der Waals surface area (Å²) < 4.78 is 1.82. The molecule has 2 aromatic rings. The standard InChI is InChI=1S/C15H17ClN2OS/c1-3-4-7-18-9-11(10-19)15(17-18)13-6-5-12(20-2)8-14(13)16/h5-6,8-10H,3-4,7H2,1-2H3. The zero-order valence-corrected chi connectivity index (χ0v) is 13.2. The number of aromatic nitrogens is 2. The lowest BCUT2D eigenvalue weighted by Gasteiger charge is -2.04. The molecule has 0 unspecified atom stereocenters. The van der Waals surface area contributed by atoms with Gasteiger partial charge in [-0.1, -0.05) is 31.0 Å². The molecule has 0 aliphatic carbocycles. The molecule has 1 heterocycles. The van der Waals surface area contributed by atoms with Gasteiger partial charge >= 0.3 is 0 Å². The number of thioether (sulfide) groups is 1. The molecule has 0 amide bonds. The molecule has 1 aromatic heterocycles. The van der Waals surface area contributed by atoms with Crippen LogP contribution in [0.5, 0.6) is 0 Å². The van der Waals surface area contributed by atoms with E-state index in [1.807, 2.05) is 29.1 Å². The van der Waals surface area contributed by atoms with Gasteiger partial charge in [0, 0.05) is 23.2 Å². The van der Waals surface area contributed by atoms with Gasteiger partial charge in [-0.3, -0.25) is 9.48 Å². The summed E-state index contributed by atoms with van der Waals surface area (Å²) in [5.74, 6) is 0. The highest BCUT2D eigenvalue weighted by molar-refractivity contribution is 7.98. The van der Waals surface area contributed by atoms with Crippen LogP contribution in [-0.4, -0.2) is 22.3 Å². The monoisotopic (exact) mass is 308 g/mol. The molecule has 5 heteroatoms. The van der Waals surface area contributed by atoms with Crippen LogP contribution >= 0.6 is 23.4 Å². The Bertz CT molecular complexity index is 610. The number of halogens is 1. The molecule has 3 nitrogen and oxygen atoms in total. The van der Waals surface area contributed by atoms with Crippen LogP contribution in [0.25, 0.3) is 11.3 Å². The molecule has 1 aromatic carbocycles. The van der Waals surface area contributed by atoms with Crippen molar-refractivity contribution in [3.05, 3.63) is 35.0 Å². The van der Waals surface area contributed by atoms with E-state index in [2.05, 4.69) is 12.0 Å². The van der Waals surface area contributed by atoms with E-state index in [-0.39, 0.29) is 0 Å². The fourth-order valence-electron chi connectivity index (χ4n) is 1.98. The van der Waals surface area contributed by atoms with Gasteiger partial charge in [0.2, 0.25) is 0 Å². The van der Waals surface area contributed by atoms with E-state index in [0.717, 1.165) is 36.1 Å². The highest BCUT2D eigenvalue weighted by atomic mass is 35.5. The number of benzene rings is 1. The average molecular weight is 309 g/mol. The Hall–Kier alpha value is -1.26. The van der Waals surface area contributed by atoms with Crippen molar-refractivity contribution in [3.63, 3.8) is 0 Å². The zero-order chi connectivity index (χ0) is 14.5. The predicted molar refractivity (Wildman–Crippen MR) is 84.7 cm³/mol. The molecule has 0 bridgehead atoms. The van der Waals surface area contributed by atoms with Crippen LogP contribution in [0.1, 0.15) is 30.1 Å². The van der Waals surface area contributed by atoms with Gasteiger partial charge in [-0.05, 0) is 24.8 Å². The molecular weight excluding hydrogens is 292 g/mol. The summed E-state index contributed by atoms with van der Waals surface area (Å²) in [6.45, 7) is 2.95. The van der Waals surface area contributed by atoms with Crippen LogP contribution in [0.3, 0.4) is 0 Å². The van der Waals surface area contributed by atoms with Crippen molar-refractivity contribution in [2.75, 3.05) is 6.26 Å². The van der Waals surface area contributed by atoms with Crippen molar-refractivity contribution in [1.29, 1.82) is 0 Å². The molecule has 20 heavy (non-hydrogen) atoms. The van der Waals surface area contributed by atoms with Crippen molar-refractivity contribution in [2.45, 2.75) is 31.2 Å². The minimum absolute atomic E-state index is 0.583. The van der Waals surface area contributed by atoms with Crippen LogP contribution in [0, 0.1) is 0 Å². The topological polar surface area (TPSA) is 34.9 Å². The third-order valence-electron chi connectivity index (χ3n) is 3.09. The molecule has 106 valence electrons. The minimum Gasteiger partial charge on any atom is -0.298 e. The Morgan fingerprint density at radius 2 is 2.25 bits per heavy atom. The number of hydrogen-bond acceptors (Lipinski definition) is 3. The fraction of sp³-hybridized carbons (Fsp3) is 0.333. The summed E-state index contributed by atoms with van der Waals surface area (Å²) in [5, 5.41) is 5.12. The second-order valence-electron chi connectivity index (χ2n) is 4.51. The molecule has 0 N–H and O–H groups in total. The third kappa shape index (κ3) is 3.25. The quantitative estimate of drug-likeness (QED) is 0.580. The molecule has 0 atom stereocenters. The lowest BCUT2D eigenvalue weighted by atomic mass is 10.1. The number of carbonyl (C=O) groups is 1. The van der Waals surface area contributed by atoms with E-state index >= 15 is 0 Å². The summed E-state index contributed by atoms with van der Waals surface area (Å²) in [5.41, 5.74) is 2.05. The fourth-order valence-corrected chi connectivity index (χ4v) is 2.76. The van der Waals surface area contributed by atoms with Crippen molar-refractivity contribution < 1.29 is 4.79 Å². The SMILES string of the molecule is CCCCn1cc(C=O)c(-c2ccc(SC)cc2Cl)n1. The van der Waals surface area contributed by atoms with E-state index < -0.39 is 0 Å². The van der Waals surface area contributed by atoms with Gasteiger partial charge in [0.1, 0.15) is 5.69 Å². The summed E-state index contributed by atoms with van der Waals surface area (Å²) >= 11 is 7.94. The van der Waals surface area contributed by atoms with Gasteiger partial charge in [0.05, 0.1) is 10.6 Å². The molecule has 0 saturated heterocycles. The third-order valence-corrected chi connectivity index (χ3v) is 4.13. The molecule has 2 rings (SSSR count).